The summed E-state index contributed by atoms with van der Waals surface area (Å²) in [6, 6.07) is 2.48. The Morgan fingerprint density at radius 1 is 1.30 bits per heavy atom. The highest BCUT2D eigenvalue weighted by atomic mass is 32.2. The van der Waals surface area contributed by atoms with E-state index < -0.39 is 22.6 Å². The Bertz CT molecular complexity index is 534. The number of aromatic nitrogens is 1. The van der Waals surface area contributed by atoms with Crippen molar-refractivity contribution in [3.05, 3.63) is 18.3 Å². The Labute approximate surface area is 114 Å². The minimum absolute atomic E-state index is 0.0590. The lowest BCUT2D eigenvalue weighted by Crippen LogP contribution is -2.25. The molecule has 0 aliphatic carbocycles. The van der Waals surface area contributed by atoms with Gasteiger partial charge in [-0.2, -0.15) is 13.2 Å². The number of sulfonamides is 1. The Kier molecular flexibility index (Phi) is 5.72. The van der Waals surface area contributed by atoms with Crippen molar-refractivity contribution in [3.8, 4) is 0 Å². The molecule has 1 heterocycles. The number of unbranched alkanes of at least 4 members (excludes halogenated alkanes) is 1. The summed E-state index contributed by atoms with van der Waals surface area (Å²) in [5.41, 5.74) is 2.20. The summed E-state index contributed by atoms with van der Waals surface area (Å²) >= 11 is 0. The Hall–Kier alpha value is -1.39. The van der Waals surface area contributed by atoms with Gasteiger partial charge in [0.2, 0.25) is 10.0 Å². The SMILES string of the molecule is NNc1cc(S(=O)(=O)NCCCCC(F)(F)F)ccn1. The fourth-order valence-electron chi connectivity index (χ4n) is 1.40. The highest BCUT2D eigenvalue weighted by molar-refractivity contribution is 7.89. The van der Waals surface area contributed by atoms with Crippen molar-refractivity contribution in [3.63, 3.8) is 0 Å². The van der Waals surface area contributed by atoms with Crippen molar-refractivity contribution in [1.82, 2.24) is 9.71 Å². The maximum atomic E-state index is 11.9. The number of pyridine rings is 1. The van der Waals surface area contributed by atoms with Crippen LogP contribution in [0.1, 0.15) is 19.3 Å². The van der Waals surface area contributed by atoms with Crippen molar-refractivity contribution < 1.29 is 21.6 Å². The molecular weight excluding hydrogens is 297 g/mol. The zero-order valence-corrected chi connectivity index (χ0v) is 11.3. The lowest BCUT2D eigenvalue weighted by molar-refractivity contribution is -0.135. The number of anilines is 1. The molecule has 0 unspecified atom stereocenters. The predicted molar refractivity (Wildman–Crippen MR) is 67.1 cm³/mol. The molecule has 0 aliphatic rings. The molecule has 1 rings (SSSR count). The predicted octanol–water partition coefficient (Wildman–Crippen LogP) is 1.38. The van der Waals surface area contributed by atoms with E-state index >= 15 is 0 Å². The van der Waals surface area contributed by atoms with Crippen LogP contribution in [0.3, 0.4) is 0 Å². The zero-order chi connectivity index (χ0) is 15.2. The van der Waals surface area contributed by atoms with Crippen molar-refractivity contribution in [1.29, 1.82) is 0 Å². The monoisotopic (exact) mass is 312 g/mol. The van der Waals surface area contributed by atoms with Gasteiger partial charge in [-0.25, -0.2) is 24.0 Å². The highest BCUT2D eigenvalue weighted by Gasteiger charge is 2.26. The fourth-order valence-corrected chi connectivity index (χ4v) is 2.48. The van der Waals surface area contributed by atoms with E-state index in [1.165, 1.54) is 18.3 Å². The third-order valence-electron chi connectivity index (χ3n) is 2.37. The first kappa shape index (κ1) is 16.7. The van der Waals surface area contributed by atoms with Gasteiger partial charge in [0.15, 0.2) is 0 Å². The lowest BCUT2D eigenvalue weighted by atomic mass is 10.2. The van der Waals surface area contributed by atoms with Gasteiger partial charge in [0.25, 0.3) is 0 Å². The fraction of sp³-hybridized carbons (Fsp3) is 0.500. The number of nitrogens with zero attached hydrogens (tertiary/aromatic N) is 1. The normalized spacial score (nSPS) is 12.4. The summed E-state index contributed by atoms with van der Waals surface area (Å²) in [7, 11) is -3.78. The van der Waals surface area contributed by atoms with Gasteiger partial charge in [-0.1, -0.05) is 0 Å². The number of hydrogen-bond donors (Lipinski definition) is 3. The van der Waals surface area contributed by atoms with E-state index in [1.807, 2.05) is 0 Å². The first-order valence-electron chi connectivity index (χ1n) is 5.74. The molecule has 0 spiro atoms. The molecule has 0 aliphatic heterocycles. The van der Waals surface area contributed by atoms with Gasteiger partial charge in [-0.3, -0.25) is 0 Å². The van der Waals surface area contributed by atoms with E-state index in [0.29, 0.717) is 0 Å². The molecule has 10 heteroatoms. The van der Waals surface area contributed by atoms with Gasteiger partial charge in [-0.05, 0) is 18.9 Å². The van der Waals surface area contributed by atoms with Crippen molar-refractivity contribution in [2.75, 3.05) is 12.0 Å². The number of alkyl halides is 3. The number of nitrogens with two attached hydrogens (primary N) is 1. The maximum absolute atomic E-state index is 11.9. The quantitative estimate of drug-likeness (QED) is 0.401. The van der Waals surface area contributed by atoms with E-state index in [-0.39, 0.29) is 30.1 Å². The van der Waals surface area contributed by atoms with E-state index in [0.717, 1.165) is 0 Å². The third-order valence-corrected chi connectivity index (χ3v) is 3.83. The molecule has 1 aromatic rings. The first-order chi connectivity index (χ1) is 9.24. The van der Waals surface area contributed by atoms with Crippen LogP contribution >= 0.6 is 0 Å². The summed E-state index contributed by atoms with van der Waals surface area (Å²) in [6.07, 6.45) is -3.91. The highest BCUT2D eigenvalue weighted by Crippen LogP contribution is 2.22. The molecule has 0 radical (unpaired) electrons. The molecule has 6 nitrogen and oxygen atoms in total. The van der Waals surface area contributed by atoms with Gasteiger partial charge in [0.05, 0.1) is 4.90 Å². The number of rotatable bonds is 7. The molecule has 0 bridgehead atoms. The minimum Gasteiger partial charge on any atom is -0.308 e. The average molecular weight is 312 g/mol. The van der Waals surface area contributed by atoms with Crippen LogP contribution in [0.5, 0.6) is 0 Å². The largest absolute Gasteiger partial charge is 0.389 e. The molecule has 0 saturated heterocycles. The average Bonchev–Trinajstić information content (AvgIpc) is 2.37. The van der Waals surface area contributed by atoms with E-state index in [2.05, 4.69) is 15.1 Å². The van der Waals surface area contributed by atoms with Crippen LogP contribution in [-0.4, -0.2) is 26.1 Å². The molecule has 114 valence electrons. The summed E-state index contributed by atoms with van der Waals surface area (Å²) in [5, 5.41) is 0. The Balaban J connectivity index is 2.49. The van der Waals surface area contributed by atoms with Crippen LogP contribution in [0, 0.1) is 0 Å². The van der Waals surface area contributed by atoms with Gasteiger partial charge in [0, 0.05) is 25.2 Å². The first-order valence-corrected chi connectivity index (χ1v) is 7.22. The van der Waals surface area contributed by atoms with Gasteiger partial charge in [-0.15, -0.1) is 0 Å². The Morgan fingerprint density at radius 2 is 2.00 bits per heavy atom. The van der Waals surface area contributed by atoms with Crippen molar-refractivity contribution >= 4 is 15.8 Å². The molecule has 4 N–H and O–H groups in total. The smallest absolute Gasteiger partial charge is 0.308 e. The van der Waals surface area contributed by atoms with E-state index in [9.17, 15) is 21.6 Å². The minimum atomic E-state index is -4.22. The second kappa shape index (κ2) is 6.86. The maximum Gasteiger partial charge on any atom is 0.389 e. The van der Waals surface area contributed by atoms with E-state index in [4.69, 9.17) is 5.84 Å². The van der Waals surface area contributed by atoms with Crippen LogP contribution in [0.2, 0.25) is 0 Å². The van der Waals surface area contributed by atoms with Crippen LogP contribution < -0.4 is 16.0 Å². The molecule has 0 fully saturated rings. The Morgan fingerprint density at radius 3 is 2.60 bits per heavy atom. The summed E-state index contributed by atoms with van der Waals surface area (Å²) in [6.45, 7) is -0.0634. The number of hydrazine groups is 1. The van der Waals surface area contributed by atoms with Crippen molar-refractivity contribution in [2.45, 2.75) is 30.3 Å². The number of nitrogen functional groups attached to an aromatic ring is 1. The van der Waals surface area contributed by atoms with Crippen LogP contribution in [-0.2, 0) is 10.0 Å². The third kappa shape index (κ3) is 5.72. The van der Waals surface area contributed by atoms with Crippen molar-refractivity contribution in [2.24, 2.45) is 5.84 Å². The molecule has 0 aromatic carbocycles. The topological polar surface area (TPSA) is 97.1 Å². The second-order valence-corrected chi connectivity index (χ2v) is 5.76. The number of hydrogen-bond acceptors (Lipinski definition) is 5. The molecule has 0 saturated carbocycles. The van der Waals surface area contributed by atoms with E-state index in [1.54, 1.807) is 0 Å². The van der Waals surface area contributed by atoms with Crippen LogP contribution in [0.4, 0.5) is 19.0 Å². The van der Waals surface area contributed by atoms with Crippen LogP contribution in [0.25, 0.3) is 0 Å². The standard InChI is InChI=1S/C10H15F3N4O2S/c11-10(12,13)4-1-2-5-16-20(18,19)8-3-6-15-9(7-8)17-14/h3,6-7,16H,1-2,4-5,14H2,(H,15,17). The lowest BCUT2D eigenvalue weighted by Gasteiger charge is -2.08. The molecular formula is C10H15F3N4O2S. The second-order valence-electron chi connectivity index (χ2n) is 3.99. The number of halogens is 3. The summed E-state index contributed by atoms with van der Waals surface area (Å²) in [4.78, 5) is 3.70. The van der Waals surface area contributed by atoms with Gasteiger partial charge >= 0.3 is 6.18 Å². The number of nitrogens with one attached hydrogen (secondary N) is 2. The molecule has 0 atom stereocenters. The molecule has 1 aromatic heterocycles. The van der Waals surface area contributed by atoms with Gasteiger partial charge in [0.1, 0.15) is 5.82 Å². The molecule has 20 heavy (non-hydrogen) atoms. The summed E-state index contributed by atoms with van der Waals surface area (Å²) < 4.78 is 61.6. The van der Waals surface area contributed by atoms with Gasteiger partial charge < -0.3 is 5.43 Å². The zero-order valence-electron chi connectivity index (χ0n) is 10.4. The summed E-state index contributed by atoms with van der Waals surface area (Å²) in [5.74, 6) is 5.28. The molecule has 0 amide bonds. The van der Waals surface area contributed by atoms with Crippen LogP contribution in [0.15, 0.2) is 23.2 Å².